The Hall–Kier alpha value is -0.520. The van der Waals surface area contributed by atoms with E-state index in [1.807, 2.05) is 0 Å². The molecular formula is C13H18PS+. The molecule has 0 fully saturated rings. The lowest BCUT2D eigenvalue weighted by atomic mass is 10.4. The van der Waals surface area contributed by atoms with Gasteiger partial charge in [0.1, 0.15) is 14.2 Å². The van der Waals surface area contributed by atoms with Gasteiger partial charge >= 0.3 is 0 Å². The average molecular weight is 237 g/mol. The minimum absolute atomic E-state index is 0.257. The molecule has 0 heterocycles. The third-order valence-electron chi connectivity index (χ3n) is 1.94. The van der Waals surface area contributed by atoms with Gasteiger partial charge in [0.2, 0.25) is 0 Å². The summed E-state index contributed by atoms with van der Waals surface area (Å²) in [5, 5.41) is 0. The summed E-state index contributed by atoms with van der Waals surface area (Å²) in [7, 11) is 3.18. The maximum absolute atomic E-state index is 2.92. The van der Waals surface area contributed by atoms with E-state index in [0.29, 0.717) is 0 Å². The molecule has 15 heavy (non-hydrogen) atoms. The summed E-state index contributed by atoms with van der Waals surface area (Å²) < 4.78 is 0. The van der Waals surface area contributed by atoms with Crippen LogP contribution in [0.4, 0.5) is 0 Å². The van der Waals surface area contributed by atoms with Crippen molar-refractivity contribution in [2.75, 3.05) is 5.75 Å². The summed E-state index contributed by atoms with van der Waals surface area (Å²) in [6.07, 6.45) is 9.76. The van der Waals surface area contributed by atoms with Crippen LogP contribution < -0.4 is 0 Å². The Morgan fingerprint density at radius 1 is 1.13 bits per heavy atom. The molecule has 2 atom stereocenters. The van der Waals surface area contributed by atoms with Gasteiger partial charge in [-0.2, -0.15) is 0 Å². The Morgan fingerprint density at radius 2 is 1.80 bits per heavy atom. The molecule has 0 aromatic heterocycles. The third-order valence-corrected chi connectivity index (χ3v) is 4.76. The maximum atomic E-state index is 2.92. The van der Waals surface area contributed by atoms with Crippen molar-refractivity contribution >= 4 is 19.0 Å². The molecule has 0 radical (unpaired) electrons. The molecule has 0 N–H and O–H groups in total. The van der Waals surface area contributed by atoms with Gasteiger partial charge in [0, 0.05) is 10.5 Å². The van der Waals surface area contributed by atoms with E-state index in [1.165, 1.54) is 4.90 Å². The van der Waals surface area contributed by atoms with Crippen LogP contribution in [0.5, 0.6) is 0 Å². The minimum atomic E-state index is 0.257. The summed E-state index contributed by atoms with van der Waals surface area (Å²) in [6, 6.07) is 10.6. The SMILES string of the molecule is CC/C=C\C=C/C[S+](P)c1ccccc1. The van der Waals surface area contributed by atoms with Crippen molar-refractivity contribution in [1.29, 1.82) is 0 Å². The Balaban J connectivity index is 2.40. The van der Waals surface area contributed by atoms with E-state index in [9.17, 15) is 0 Å². The largest absolute Gasteiger partial charge is 0.156 e. The smallest absolute Gasteiger partial charge is 0.0848 e. The predicted molar refractivity (Wildman–Crippen MR) is 75.2 cm³/mol. The highest BCUT2D eigenvalue weighted by molar-refractivity contribution is 8.41. The van der Waals surface area contributed by atoms with Gasteiger partial charge in [0.25, 0.3) is 0 Å². The molecule has 0 nitrogen and oxygen atoms in total. The number of hydrogen-bond donors (Lipinski definition) is 0. The first-order chi connectivity index (χ1) is 7.34. The highest BCUT2D eigenvalue weighted by Gasteiger charge is 2.11. The second-order valence-corrected chi connectivity index (χ2v) is 6.54. The van der Waals surface area contributed by atoms with Crippen LogP contribution in [0.3, 0.4) is 0 Å². The summed E-state index contributed by atoms with van der Waals surface area (Å²) >= 11 is 0. The van der Waals surface area contributed by atoms with Crippen LogP contribution in [0, 0.1) is 0 Å². The monoisotopic (exact) mass is 237 g/mol. The van der Waals surface area contributed by atoms with Crippen LogP contribution in [0.1, 0.15) is 13.3 Å². The molecule has 2 unspecified atom stereocenters. The zero-order chi connectivity index (χ0) is 10.9. The van der Waals surface area contributed by atoms with Crippen molar-refractivity contribution in [3.8, 4) is 0 Å². The summed E-state index contributed by atoms with van der Waals surface area (Å²) in [4.78, 5) is 1.41. The Kier molecular flexibility index (Phi) is 6.47. The van der Waals surface area contributed by atoms with Gasteiger partial charge in [-0.15, -0.1) is 0 Å². The minimum Gasteiger partial charge on any atom is -0.0848 e. The van der Waals surface area contributed by atoms with E-state index >= 15 is 0 Å². The molecule has 1 rings (SSSR count). The first-order valence-electron chi connectivity index (χ1n) is 5.16. The van der Waals surface area contributed by atoms with Crippen LogP contribution in [-0.4, -0.2) is 5.75 Å². The second kappa shape index (κ2) is 7.73. The first-order valence-corrected chi connectivity index (χ1v) is 8.03. The summed E-state index contributed by atoms with van der Waals surface area (Å²) in [6.45, 7) is 2.15. The quantitative estimate of drug-likeness (QED) is 0.413. The Bertz CT molecular complexity index is 317. The number of hydrogen-bond acceptors (Lipinski definition) is 0. The average Bonchev–Trinajstić information content (AvgIpc) is 2.30. The molecule has 2 heteroatoms. The van der Waals surface area contributed by atoms with Crippen molar-refractivity contribution in [1.82, 2.24) is 0 Å². The first kappa shape index (κ1) is 12.5. The molecule has 0 saturated carbocycles. The topological polar surface area (TPSA) is 0 Å². The standard InChI is InChI=1S/C13H18PS/c1-2-3-4-5-9-12-15(14)13-10-7-6-8-11-13/h3-11H,2,12,14H2,1H3/q+1/b4-3-,9-5-. The van der Waals surface area contributed by atoms with Gasteiger partial charge < -0.3 is 0 Å². The zero-order valence-electron chi connectivity index (χ0n) is 9.10. The molecule has 0 aliphatic rings. The number of benzene rings is 1. The molecular weight excluding hydrogens is 219 g/mol. The van der Waals surface area contributed by atoms with Crippen molar-refractivity contribution in [3.05, 3.63) is 54.6 Å². The fourth-order valence-electron chi connectivity index (χ4n) is 1.14. The van der Waals surface area contributed by atoms with Gasteiger partial charge in [-0.3, -0.25) is 0 Å². The molecule has 1 aromatic carbocycles. The van der Waals surface area contributed by atoms with Crippen molar-refractivity contribution in [2.24, 2.45) is 0 Å². The fraction of sp³-hybridized carbons (Fsp3) is 0.231. The lowest BCUT2D eigenvalue weighted by Gasteiger charge is -1.97. The van der Waals surface area contributed by atoms with E-state index in [1.54, 1.807) is 0 Å². The Morgan fingerprint density at radius 3 is 2.47 bits per heavy atom. The number of allylic oxidation sites excluding steroid dienone is 3. The lowest BCUT2D eigenvalue weighted by molar-refractivity contribution is 1.22. The second-order valence-electron chi connectivity index (χ2n) is 3.17. The number of rotatable bonds is 5. The van der Waals surface area contributed by atoms with Crippen LogP contribution in [0.25, 0.3) is 0 Å². The molecule has 0 spiro atoms. The summed E-state index contributed by atoms with van der Waals surface area (Å²) in [5.41, 5.74) is 0. The van der Waals surface area contributed by atoms with E-state index in [2.05, 4.69) is 70.0 Å². The van der Waals surface area contributed by atoms with E-state index in [0.717, 1.165) is 12.2 Å². The van der Waals surface area contributed by atoms with Gasteiger partial charge in [-0.25, -0.2) is 0 Å². The molecule has 0 amide bonds. The third kappa shape index (κ3) is 5.20. The van der Waals surface area contributed by atoms with Crippen molar-refractivity contribution < 1.29 is 0 Å². The predicted octanol–water partition coefficient (Wildman–Crippen LogP) is 3.98. The van der Waals surface area contributed by atoms with Crippen LogP contribution >= 0.6 is 8.44 Å². The van der Waals surface area contributed by atoms with Crippen LogP contribution in [-0.2, 0) is 10.5 Å². The van der Waals surface area contributed by atoms with Crippen molar-refractivity contribution in [2.45, 2.75) is 18.2 Å². The van der Waals surface area contributed by atoms with E-state index < -0.39 is 0 Å². The van der Waals surface area contributed by atoms with Gasteiger partial charge in [0.15, 0.2) is 4.90 Å². The zero-order valence-corrected chi connectivity index (χ0v) is 11.1. The van der Waals surface area contributed by atoms with Gasteiger partial charge in [0.05, 0.1) is 0 Å². The highest BCUT2D eigenvalue weighted by atomic mass is 32.7. The molecule has 0 bridgehead atoms. The molecule has 0 saturated heterocycles. The highest BCUT2D eigenvalue weighted by Crippen LogP contribution is 2.19. The fourth-order valence-corrected chi connectivity index (χ4v) is 2.97. The summed E-state index contributed by atoms with van der Waals surface area (Å²) in [5.74, 6) is 1.10. The van der Waals surface area contributed by atoms with E-state index in [-0.39, 0.29) is 10.5 Å². The van der Waals surface area contributed by atoms with E-state index in [4.69, 9.17) is 0 Å². The molecule has 0 aliphatic carbocycles. The maximum Gasteiger partial charge on any atom is 0.156 e. The Labute approximate surface area is 97.8 Å². The molecule has 80 valence electrons. The van der Waals surface area contributed by atoms with Gasteiger partial charge in [-0.05, 0) is 24.6 Å². The van der Waals surface area contributed by atoms with Gasteiger partial charge in [-0.1, -0.05) is 43.4 Å². The normalized spacial score (nSPS) is 13.7. The van der Waals surface area contributed by atoms with Crippen LogP contribution in [0.15, 0.2) is 59.5 Å². The molecule has 0 aliphatic heterocycles. The lowest BCUT2D eigenvalue weighted by Crippen LogP contribution is -1.95. The van der Waals surface area contributed by atoms with Crippen LogP contribution in [0.2, 0.25) is 0 Å². The molecule has 1 aromatic rings. The van der Waals surface area contributed by atoms with Crippen molar-refractivity contribution in [3.63, 3.8) is 0 Å².